The summed E-state index contributed by atoms with van der Waals surface area (Å²) in [6.07, 6.45) is 7.19. The molecule has 2 heterocycles. The minimum atomic E-state index is -0.00427. The normalized spacial score (nSPS) is 15.2. The first-order valence-electron chi connectivity index (χ1n) is 8.89. The fourth-order valence-electron chi connectivity index (χ4n) is 3.27. The number of nitrogens with one attached hydrogen (secondary N) is 1. The Balaban J connectivity index is 1.80. The molecule has 1 aliphatic heterocycles. The van der Waals surface area contributed by atoms with E-state index in [0.717, 1.165) is 49.4 Å². The smallest absolute Gasteiger partial charge is 0.321 e. The molecule has 1 aromatic heterocycles. The molecule has 5 nitrogen and oxygen atoms in total. The summed E-state index contributed by atoms with van der Waals surface area (Å²) in [4.78, 5) is 14.5. The van der Waals surface area contributed by atoms with Crippen LogP contribution in [0.15, 0.2) is 30.5 Å². The van der Waals surface area contributed by atoms with Gasteiger partial charge in [0.05, 0.1) is 23.3 Å². The lowest BCUT2D eigenvalue weighted by Crippen LogP contribution is -2.35. The molecule has 24 heavy (non-hydrogen) atoms. The number of amides is 2. The highest BCUT2D eigenvalue weighted by molar-refractivity contribution is 5.90. The van der Waals surface area contributed by atoms with Gasteiger partial charge in [0.2, 0.25) is 0 Å². The summed E-state index contributed by atoms with van der Waals surface area (Å²) in [6, 6.07) is 8.24. The van der Waals surface area contributed by atoms with E-state index >= 15 is 0 Å². The Labute approximate surface area is 143 Å². The van der Waals surface area contributed by atoms with Gasteiger partial charge >= 0.3 is 6.03 Å². The van der Waals surface area contributed by atoms with E-state index in [1.807, 2.05) is 21.7 Å². The van der Waals surface area contributed by atoms with Gasteiger partial charge < -0.3 is 10.2 Å². The molecule has 1 N–H and O–H groups in total. The van der Waals surface area contributed by atoms with Crippen molar-refractivity contribution in [3.8, 4) is 5.69 Å². The molecule has 0 bridgehead atoms. The predicted octanol–water partition coefficient (Wildman–Crippen LogP) is 4.15. The number of anilines is 1. The van der Waals surface area contributed by atoms with Crippen molar-refractivity contribution >= 4 is 11.7 Å². The average molecular weight is 326 g/mol. The first kappa shape index (κ1) is 16.6. The highest BCUT2D eigenvalue weighted by atomic mass is 16.2. The van der Waals surface area contributed by atoms with Gasteiger partial charge in [-0.15, -0.1) is 0 Å². The maximum atomic E-state index is 12.6. The summed E-state index contributed by atoms with van der Waals surface area (Å²) in [6.45, 7) is 5.85. The summed E-state index contributed by atoms with van der Waals surface area (Å²) < 4.78 is 1.92. The Bertz CT molecular complexity index is 699. The molecule has 3 rings (SSSR count). The Morgan fingerprint density at radius 2 is 1.96 bits per heavy atom. The van der Waals surface area contributed by atoms with E-state index < -0.39 is 0 Å². The minimum absolute atomic E-state index is 0.00427. The van der Waals surface area contributed by atoms with Crippen LogP contribution in [0.3, 0.4) is 0 Å². The van der Waals surface area contributed by atoms with Crippen molar-refractivity contribution in [1.82, 2.24) is 14.7 Å². The third kappa shape index (κ3) is 3.61. The number of hydrogen-bond donors (Lipinski definition) is 1. The second-order valence-electron chi connectivity index (χ2n) is 6.44. The molecule has 0 unspecified atom stereocenters. The van der Waals surface area contributed by atoms with Gasteiger partial charge in [0.1, 0.15) is 0 Å². The van der Waals surface area contributed by atoms with E-state index in [9.17, 15) is 4.79 Å². The molecule has 1 saturated heterocycles. The van der Waals surface area contributed by atoms with E-state index in [0.29, 0.717) is 0 Å². The number of rotatable bonds is 3. The van der Waals surface area contributed by atoms with Crippen molar-refractivity contribution in [3.05, 3.63) is 41.7 Å². The molecular weight excluding hydrogens is 300 g/mol. The number of hydrogen-bond acceptors (Lipinski definition) is 2. The molecule has 0 atom stereocenters. The monoisotopic (exact) mass is 326 g/mol. The van der Waals surface area contributed by atoms with Crippen LogP contribution in [0.4, 0.5) is 10.5 Å². The van der Waals surface area contributed by atoms with Crippen LogP contribution >= 0.6 is 0 Å². The van der Waals surface area contributed by atoms with Crippen molar-refractivity contribution < 1.29 is 4.79 Å². The molecule has 0 aliphatic carbocycles. The van der Waals surface area contributed by atoms with E-state index in [2.05, 4.69) is 36.4 Å². The number of likely N-dealkylation sites (tertiary alicyclic amines) is 1. The van der Waals surface area contributed by atoms with Crippen molar-refractivity contribution in [3.63, 3.8) is 0 Å². The molecule has 5 heteroatoms. The minimum Gasteiger partial charge on any atom is -0.325 e. The molecule has 2 aromatic rings. The summed E-state index contributed by atoms with van der Waals surface area (Å²) in [5, 5.41) is 7.57. The Hall–Kier alpha value is -2.30. The number of aryl methyl sites for hydroxylation is 1. The van der Waals surface area contributed by atoms with Gasteiger partial charge in [-0.25, -0.2) is 9.48 Å². The third-order valence-corrected chi connectivity index (χ3v) is 4.58. The van der Waals surface area contributed by atoms with Crippen molar-refractivity contribution in [1.29, 1.82) is 0 Å². The fraction of sp³-hybridized carbons (Fsp3) is 0.474. The molecule has 1 aromatic carbocycles. The molecule has 0 spiro atoms. The van der Waals surface area contributed by atoms with Gasteiger partial charge in [-0.2, -0.15) is 5.10 Å². The standard InChI is InChI=1S/C19H26N4O/c1-3-18-17(21-19(24)22-11-6-4-5-7-12-22)14-20-23(18)16-10-8-9-15(2)13-16/h8-10,13-14H,3-7,11-12H2,1-2H3,(H,21,24). The van der Waals surface area contributed by atoms with Crippen molar-refractivity contribution in [2.75, 3.05) is 18.4 Å². The van der Waals surface area contributed by atoms with Gasteiger partial charge in [0.25, 0.3) is 0 Å². The second kappa shape index (κ2) is 7.51. The van der Waals surface area contributed by atoms with Gasteiger partial charge in [0, 0.05) is 13.1 Å². The van der Waals surface area contributed by atoms with E-state index in [-0.39, 0.29) is 6.03 Å². The predicted molar refractivity (Wildman–Crippen MR) is 96.7 cm³/mol. The third-order valence-electron chi connectivity index (χ3n) is 4.58. The molecule has 1 aliphatic rings. The maximum absolute atomic E-state index is 12.6. The average Bonchev–Trinajstić information content (AvgIpc) is 2.79. The summed E-state index contributed by atoms with van der Waals surface area (Å²) in [5.41, 5.74) is 4.07. The van der Waals surface area contributed by atoms with E-state index in [1.165, 1.54) is 18.4 Å². The Kier molecular flexibility index (Phi) is 5.18. The lowest BCUT2D eigenvalue weighted by molar-refractivity contribution is 0.213. The van der Waals surface area contributed by atoms with Crippen LogP contribution < -0.4 is 5.32 Å². The second-order valence-corrected chi connectivity index (χ2v) is 6.44. The first-order valence-corrected chi connectivity index (χ1v) is 8.89. The van der Waals surface area contributed by atoms with Crippen LogP contribution in [0.5, 0.6) is 0 Å². The first-order chi connectivity index (χ1) is 11.7. The summed E-state index contributed by atoms with van der Waals surface area (Å²) >= 11 is 0. The zero-order valence-corrected chi connectivity index (χ0v) is 14.6. The number of urea groups is 1. The quantitative estimate of drug-likeness (QED) is 0.921. The number of benzene rings is 1. The maximum Gasteiger partial charge on any atom is 0.321 e. The van der Waals surface area contributed by atoms with Crippen LogP contribution in [0, 0.1) is 6.92 Å². The Morgan fingerprint density at radius 1 is 1.21 bits per heavy atom. The van der Waals surface area contributed by atoms with Crippen LogP contribution in [0.25, 0.3) is 5.69 Å². The molecule has 0 saturated carbocycles. The fourth-order valence-corrected chi connectivity index (χ4v) is 3.27. The summed E-state index contributed by atoms with van der Waals surface area (Å²) in [7, 11) is 0. The van der Waals surface area contributed by atoms with E-state index in [1.54, 1.807) is 6.20 Å². The SMILES string of the molecule is CCc1c(NC(=O)N2CCCCCC2)cnn1-c1cccc(C)c1. The number of aromatic nitrogens is 2. The molecule has 2 amide bonds. The highest BCUT2D eigenvalue weighted by Gasteiger charge is 2.18. The van der Waals surface area contributed by atoms with Gasteiger partial charge in [-0.3, -0.25) is 0 Å². The Morgan fingerprint density at radius 3 is 2.62 bits per heavy atom. The zero-order valence-electron chi connectivity index (χ0n) is 14.6. The van der Waals surface area contributed by atoms with Gasteiger partial charge in [-0.05, 0) is 43.9 Å². The van der Waals surface area contributed by atoms with Crippen LogP contribution in [-0.2, 0) is 6.42 Å². The zero-order chi connectivity index (χ0) is 16.9. The topological polar surface area (TPSA) is 50.2 Å². The molecule has 128 valence electrons. The lowest BCUT2D eigenvalue weighted by Gasteiger charge is -2.20. The largest absolute Gasteiger partial charge is 0.325 e. The van der Waals surface area contributed by atoms with E-state index in [4.69, 9.17) is 0 Å². The van der Waals surface area contributed by atoms with Crippen molar-refractivity contribution in [2.24, 2.45) is 0 Å². The number of nitrogens with zero attached hydrogens (tertiary/aromatic N) is 3. The highest BCUT2D eigenvalue weighted by Crippen LogP contribution is 2.21. The lowest BCUT2D eigenvalue weighted by atomic mass is 10.2. The van der Waals surface area contributed by atoms with Crippen molar-refractivity contribution in [2.45, 2.75) is 46.0 Å². The van der Waals surface area contributed by atoms with Crippen LogP contribution in [0.2, 0.25) is 0 Å². The molecular formula is C19H26N4O. The summed E-state index contributed by atoms with van der Waals surface area (Å²) in [5.74, 6) is 0. The van der Waals surface area contributed by atoms with Crippen LogP contribution in [-0.4, -0.2) is 33.8 Å². The number of carbonyl (C=O) groups is 1. The number of carbonyl (C=O) groups excluding carboxylic acids is 1. The van der Waals surface area contributed by atoms with Gasteiger partial charge in [0.15, 0.2) is 0 Å². The van der Waals surface area contributed by atoms with Gasteiger partial charge in [-0.1, -0.05) is 31.9 Å². The molecule has 0 radical (unpaired) electrons. The molecule has 1 fully saturated rings. The van der Waals surface area contributed by atoms with Crippen LogP contribution in [0.1, 0.15) is 43.9 Å².